The van der Waals surface area contributed by atoms with Crippen molar-refractivity contribution in [2.24, 2.45) is 0 Å². The van der Waals surface area contributed by atoms with Gasteiger partial charge in [0, 0.05) is 13.1 Å². The lowest BCUT2D eigenvalue weighted by Gasteiger charge is -2.08. The Morgan fingerprint density at radius 3 is 2.90 bits per heavy atom. The highest BCUT2D eigenvalue weighted by molar-refractivity contribution is 7.00. The van der Waals surface area contributed by atoms with Gasteiger partial charge in [-0.3, -0.25) is 0 Å². The van der Waals surface area contributed by atoms with E-state index in [1.165, 1.54) is 22.9 Å². The van der Waals surface area contributed by atoms with E-state index >= 15 is 0 Å². The maximum absolute atomic E-state index is 5.51. The minimum Gasteiger partial charge on any atom is -0.494 e. The number of rotatable bonds is 6. The molecule has 3 aromatic rings. The molecule has 3 rings (SSSR count). The van der Waals surface area contributed by atoms with E-state index in [9.17, 15) is 0 Å². The highest BCUT2D eigenvalue weighted by Gasteiger charge is 2.04. The maximum atomic E-state index is 5.51. The predicted octanol–water partition coefficient (Wildman–Crippen LogP) is 3.38. The molecular formula is C16H17N3OS. The first-order valence-corrected chi connectivity index (χ1v) is 7.72. The van der Waals surface area contributed by atoms with E-state index in [1.807, 2.05) is 31.2 Å². The smallest absolute Gasteiger partial charge is 0.119 e. The second-order valence-electron chi connectivity index (χ2n) is 4.73. The summed E-state index contributed by atoms with van der Waals surface area (Å²) in [4.78, 5) is 0. The molecule has 1 N–H and O–H groups in total. The summed E-state index contributed by atoms with van der Waals surface area (Å²) >= 11 is 1.26. The van der Waals surface area contributed by atoms with Gasteiger partial charge in [-0.05, 0) is 36.2 Å². The van der Waals surface area contributed by atoms with Gasteiger partial charge in [-0.15, -0.1) is 0 Å². The lowest BCUT2D eigenvalue weighted by molar-refractivity contribution is 0.340. The fraction of sp³-hybridized carbons (Fsp3) is 0.250. The van der Waals surface area contributed by atoms with Crippen molar-refractivity contribution < 1.29 is 4.74 Å². The number of hydrogen-bond acceptors (Lipinski definition) is 5. The van der Waals surface area contributed by atoms with Gasteiger partial charge in [-0.25, -0.2) is 0 Å². The van der Waals surface area contributed by atoms with Gasteiger partial charge in [0.2, 0.25) is 0 Å². The molecule has 5 heteroatoms. The molecule has 0 bridgehead atoms. The van der Waals surface area contributed by atoms with Crippen LogP contribution in [0.25, 0.3) is 11.0 Å². The van der Waals surface area contributed by atoms with Crippen molar-refractivity contribution >= 4 is 22.8 Å². The summed E-state index contributed by atoms with van der Waals surface area (Å²) in [7, 11) is 0. The van der Waals surface area contributed by atoms with Crippen LogP contribution in [0.2, 0.25) is 0 Å². The molecule has 0 unspecified atom stereocenters. The van der Waals surface area contributed by atoms with Gasteiger partial charge in [0.05, 0.1) is 18.3 Å². The minimum atomic E-state index is 0.690. The molecule has 0 atom stereocenters. The Bertz CT molecular complexity index is 726. The molecule has 0 amide bonds. The highest BCUT2D eigenvalue weighted by atomic mass is 32.1. The van der Waals surface area contributed by atoms with Crippen LogP contribution in [0.4, 0.5) is 0 Å². The molecule has 0 fully saturated rings. The van der Waals surface area contributed by atoms with E-state index in [-0.39, 0.29) is 0 Å². The van der Waals surface area contributed by atoms with E-state index in [2.05, 4.69) is 32.3 Å². The third kappa shape index (κ3) is 3.37. The molecule has 0 aliphatic rings. The second-order valence-corrected chi connectivity index (χ2v) is 5.26. The Balaban J connectivity index is 1.63. The number of ether oxygens (including phenoxy) is 1. The van der Waals surface area contributed by atoms with Crippen molar-refractivity contribution in [2.45, 2.75) is 20.0 Å². The largest absolute Gasteiger partial charge is 0.494 e. The quantitative estimate of drug-likeness (QED) is 0.758. The van der Waals surface area contributed by atoms with Gasteiger partial charge in [0.1, 0.15) is 16.8 Å². The van der Waals surface area contributed by atoms with Crippen LogP contribution in [0.15, 0.2) is 42.5 Å². The van der Waals surface area contributed by atoms with Crippen molar-refractivity contribution in [1.29, 1.82) is 0 Å². The molecule has 0 saturated carbocycles. The van der Waals surface area contributed by atoms with Crippen molar-refractivity contribution in [3.8, 4) is 5.75 Å². The van der Waals surface area contributed by atoms with Crippen LogP contribution in [0.1, 0.15) is 18.1 Å². The third-order valence-electron chi connectivity index (χ3n) is 3.22. The Kier molecular flexibility index (Phi) is 4.43. The predicted molar refractivity (Wildman–Crippen MR) is 85.6 cm³/mol. The normalized spacial score (nSPS) is 10.9. The molecule has 4 nitrogen and oxygen atoms in total. The van der Waals surface area contributed by atoms with E-state index in [1.54, 1.807) is 0 Å². The first-order valence-electron chi connectivity index (χ1n) is 6.99. The van der Waals surface area contributed by atoms with Gasteiger partial charge in [0.15, 0.2) is 0 Å². The van der Waals surface area contributed by atoms with Crippen LogP contribution in [0.3, 0.4) is 0 Å². The average molecular weight is 299 g/mol. The van der Waals surface area contributed by atoms with Gasteiger partial charge >= 0.3 is 0 Å². The molecule has 0 radical (unpaired) electrons. The van der Waals surface area contributed by atoms with Crippen LogP contribution < -0.4 is 10.1 Å². The van der Waals surface area contributed by atoms with Crippen LogP contribution in [0, 0.1) is 0 Å². The standard InChI is InChI=1S/C16H17N3OS/c1-2-20-14-7-3-5-12(9-14)10-17-11-13-6-4-8-15-16(13)19-21-18-15/h3-9,17H,2,10-11H2,1H3. The summed E-state index contributed by atoms with van der Waals surface area (Å²) in [5.41, 5.74) is 4.36. The zero-order chi connectivity index (χ0) is 14.5. The Labute approximate surface area is 128 Å². The fourth-order valence-electron chi connectivity index (χ4n) is 2.26. The summed E-state index contributed by atoms with van der Waals surface area (Å²) in [6.45, 7) is 4.26. The molecule has 108 valence electrons. The van der Waals surface area contributed by atoms with E-state index in [0.29, 0.717) is 6.61 Å². The third-order valence-corrected chi connectivity index (χ3v) is 3.77. The number of fused-ring (bicyclic) bond motifs is 1. The molecular weight excluding hydrogens is 282 g/mol. The van der Waals surface area contributed by atoms with Crippen molar-refractivity contribution in [3.05, 3.63) is 53.6 Å². The van der Waals surface area contributed by atoms with Gasteiger partial charge < -0.3 is 10.1 Å². The summed E-state index contributed by atoms with van der Waals surface area (Å²) in [6, 6.07) is 14.3. The van der Waals surface area contributed by atoms with E-state index < -0.39 is 0 Å². The molecule has 1 aromatic heterocycles. The van der Waals surface area contributed by atoms with Crippen LogP contribution in [0.5, 0.6) is 5.75 Å². The monoisotopic (exact) mass is 299 g/mol. The van der Waals surface area contributed by atoms with Gasteiger partial charge in [-0.1, -0.05) is 24.3 Å². The number of hydrogen-bond donors (Lipinski definition) is 1. The minimum absolute atomic E-state index is 0.690. The average Bonchev–Trinajstić information content (AvgIpc) is 2.97. The molecule has 0 aliphatic heterocycles. The van der Waals surface area contributed by atoms with Gasteiger partial charge in [0.25, 0.3) is 0 Å². The van der Waals surface area contributed by atoms with Crippen LogP contribution >= 0.6 is 11.7 Å². The van der Waals surface area contributed by atoms with Crippen LogP contribution in [-0.4, -0.2) is 15.4 Å². The van der Waals surface area contributed by atoms with Gasteiger partial charge in [-0.2, -0.15) is 8.75 Å². The van der Waals surface area contributed by atoms with Crippen LogP contribution in [-0.2, 0) is 13.1 Å². The van der Waals surface area contributed by atoms with E-state index in [0.717, 1.165) is 29.9 Å². The molecule has 0 saturated heterocycles. The lowest BCUT2D eigenvalue weighted by Crippen LogP contribution is -2.13. The molecule has 2 aromatic carbocycles. The molecule has 0 spiro atoms. The first kappa shape index (κ1) is 14.0. The van der Waals surface area contributed by atoms with Crippen molar-refractivity contribution in [1.82, 2.24) is 14.1 Å². The Morgan fingerprint density at radius 1 is 1.10 bits per heavy atom. The SMILES string of the molecule is CCOc1cccc(CNCc2cccc3nsnc23)c1. The summed E-state index contributed by atoms with van der Waals surface area (Å²) < 4.78 is 14.1. The molecule has 0 aliphatic carbocycles. The Morgan fingerprint density at radius 2 is 2.00 bits per heavy atom. The number of nitrogens with zero attached hydrogens (tertiary/aromatic N) is 2. The highest BCUT2D eigenvalue weighted by Crippen LogP contribution is 2.17. The van der Waals surface area contributed by atoms with Crippen molar-refractivity contribution in [3.63, 3.8) is 0 Å². The Hall–Kier alpha value is -1.98. The summed E-state index contributed by atoms with van der Waals surface area (Å²) in [6.07, 6.45) is 0. The van der Waals surface area contributed by atoms with Crippen molar-refractivity contribution in [2.75, 3.05) is 6.61 Å². The summed E-state index contributed by atoms with van der Waals surface area (Å²) in [5, 5.41) is 3.45. The molecule has 21 heavy (non-hydrogen) atoms. The number of aromatic nitrogens is 2. The lowest BCUT2D eigenvalue weighted by atomic mass is 10.1. The second kappa shape index (κ2) is 6.65. The maximum Gasteiger partial charge on any atom is 0.119 e. The fourth-order valence-corrected chi connectivity index (χ4v) is 2.83. The number of benzene rings is 2. The first-order chi connectivity index (χ1) is 10.4. The topological polar surface area (TPSA) is 47.0 Å². The number of nitrogens with one attached hydrogen (secondary N) is 1. The summed E-state index contributed by atoms with van der Waals surface area (Å²) in [5.74, 6) is 0.919. The van der Waals surface area contributed by atoms with E-state index in [4.69, 9.17) is 4.74 Å². The zero-order valence-electron chi connectivity index (χ0n) is 11.9. The zero-order valence-corrected chi connectivity index (χ0v) is 12.7. The molecule has 1 heterocycles.